The molecule has 0 fully saturated rings. The molecule has 0 saturated heterocycles. The molecule has 0 aromatic heterocycles. The number of nitriles is 1. The zero-order chi connectivity index (χ0) is 22.4. The third-order valence-electron chi connectivity index (χ3n) is 4.35. The summed E-state index contributed by atoms with van der Waals surface area (Å²) >= 11 is 6.37. The summed E-state index contributed by atoms with van der Waals surface area (Å²) < 4.78 is 25.2. The number of non-ortho nitro benzene ring substituents is 1. The van der Waals surface area contributed by atoms with Crippen molar-refractivity contribution in [3.63, 3.8) is 0 Å². The Morgan fingerprint density at radius 1 is 1.23 bits per heavy atom. The number of nitro benzene ring substituents is 1. The summed E-state index contributed by atoms with van der Waals surface area (Å²) in [6.07, 6.45) is 1.50. The molecule has 0 saturated carbocycles. The maximum Gasteiger partial charge on any atom is 0.269 e. The summed E-state index contributed by atoms with van der Waals surface area (Å²) in [5.41, 5.74) is 1.36. The van der Waals surface area contributed by atoms with Gasteiger partial charge in [-0.15, -0.1) is 0 Å². The molecule has 0 aliphatic heterocycles. The molecular weight excluding hydrogens is 423 g/mol. The highest BCUT2D eigenvalue weighted by molar-refractivity contribution is 6.32. The van der Waals surface area contributed by atoms with Gasteiger partial charge >= 0.3 is 0 Å². The normalized spacial score (nSPS) is 11.0. The van der Waals surface area contributed by atoms with Crippen molar-refractivity contribution in [1.29, 1.82) is 5.26 Å². The summed E-state index contributed by atoms with van der Waals surface area (Å²) in [6, 6.07) is 17.2. The molecule has 31 heavy (non-hydrogen) atoms. The van der Waals surface area contributed by atoms with E-state index >= 15 is 0 Å². The third-order valence-corrected chi connectivity index (χ3v) is 4.63. The van der Waals surface area contributed by atoms with Crippen LogP contribution in [0.15, 0.2) is 60.7 Å². The van der Waals surface area contributed by atoms with E-state index < -0.39 is 10.7 Å². The van der Waals surface area contributed by atoms with Crippen molar-refractivity contribution < 1.29 is 18.8 Å². The minimum atomic E-state index is -0.509. The molecular formula is C23H16ClFN2O4. The first-order chi connectivity index (χ1) is 14.9. The van der Waals surface area contributed by atoms with Gasteiger partial charge in [-0.3, -0.25) is 10.1 Å². The fourth-order valence-electron chi connectivity index (χ4n) is 2.90. The standard InChI is InChI=1S/C23H16ClFN2O4/c1-30-22-12-16(9-17(13-26)19-7-2-3-8-21(19)25)11-20(24)23(22)31-14-15-5-4-6-18(10-15)27(28)29/h2-12H,14H2,1H3. The topological polar surface area (TPSA) is 85.4 Å². The molecule has 0 amide bonds. The molecule has 0 heterocycles. The van der Waals surface area contributed by atoms with E-state index in [0.717, 1.165) is 0 Å². The number of nitro groups is 1. The van der Waals surface area contributed by atoms with Crippen LogP contribution in [0.4, 0.5) is 10.1 Å². The summed E-state index contributed by atoms with van der Waals surface area (Å²) in [5.74, 6) is 0.0393. The molecule has 0 spiro atoms. The highest BCUT2D eigenvalue weighted by Gasteiger charge is 2.14. The fraction of sp³-hybridized carbons (Fsp3) is 0.0870. The average Bonchev–Trinajstić information content (AvgIpc) is 2.77. The van der Waals surface area contributed by atoms with E-state index in [4.69, 9.17) is 21.1 Å². The molecule has 0 aliphatic rings. The second-order valence-electron chi connectivity index (χ2n) is 6.40. The molecule has 3 aromatic rings. The van der Waals surface area contributed by atoms with Crippen molar-refractivity contribution in [2.24, 2.45) is 0 Å². The number of ether oxygens (including phenoxy) is 2. The highest BCUT2D eigenvalue weighted by Crippen LogP contribution is 2.38. The summed E-state index contributed by atoms with van der Waals surface area (Å²) in [4.78, 5) is 10.4. The maximum atomic E-state index is 14.1. The number of allylic oxidation sites excluding steroid dienone is 1. The minimum absolute atomic E-state index is 0.0334. The van der Waals surface area contributed by atoms with Gasteiger partial charge in [0.2, 0.25) is 0 Å². The maximum absolute atomic E-state index is 14.1. The van der Waals surface area contributed by atoms with E-state index in [0.29, 0.717) is 16.9 Å². The SMILES string of the molecule is COc1cc(C=C(C#N)c2ccccc2F)cc(Cl)c1OCc1cccc([N+](=O)[O-])c1. The van der Waals surface area contributed by atoms with Crippen LogP contribution in [0.5, 0.6) is 11.5 Å². The molecule has 8 heteroatoms. The van der Waals surface area contributed by atoms with Crippen LogP contribution in [0.3, 0.4) is 0 Å². The molecule has 3 rings (SSSR count). The highest BCUT2D eigenvalue weighted by atomic mass is 35.5. The Bertz CT molecular complexity index is 1200. The Hall–Kier alpha value is -3.89. The number of hydrogen-bond acceptors (Lipinski definition) is 5. The first-order valence-corrected chi connectivity index (χ1v) is 9.41. The van der Waals surface area contributed by atoms with E-state index in [2.05, 4.69) is 0 Å². The van der Waals surface area contributed by atoms with Crippen LogP contribution < -0.4 is 9.47 Å². The Balaban J connectivity index is 1.90. The van der Waals surface area contributed by atoms with E-state index in [1.807, 2.05) is 6.07 Å². The van der Waals surface area contributed by atoms with Gasteiger partial charge in [-0.1, -0.05) is 41.9 Å². The predicted molar refractivity (Wildman–Crippen MR) is 115 cm³/mol. The van der Waals surface area contributed by atoms with Crippen molar-refractivity contribution in [3.8, 4) is 17.6 Å². The van der Waals surface area contributed by atoms with Crippen LogP contribution in [0.2, 0.25) is 5.02 Å². The molecule has 3 aromatic carbocycles. The van der Waals surface area contributed by atoms with Gasteiger partial charge in [0.05, 0.1) is 28.7 Å². The predicted octanol–water partition coefficient (Wildman–Crippen LogP) is 6.04. The molecule has 156 valence electrons. The Labute approximate surface area is 182 Å². The molecule has 0 aliphatic carbocycles. The van der Waals surface area contributed by atoms with Gasteiger partial charge in [0.25, 0.3) is 5.69 Å². The van der Waals surface area contributed by atoms with Gasteiger partial charge in [0.15, 0.2) is 11.5 Å². The van der Waals surface area contributed by atoms with Crippen LogP contribution in [-0.4, -0.2) is 12.0 Å². The van der Waals surface area contributed by atoms with Crippen molar-refractivity contribution in [2.45, 2.75) is 6.61 Å². The van der Waals surface area contributed by atoms with Crippen LogP contribution in [0.1, 0.15) is 16.7 Å². The van der Waals surface area contributed by atoms with Crippen molar-refractivity contribution in [1.82, 2.24) is 0 Å². The average molecular weight is 439 g/mol. The molecule has 0 radical (unpaired) electrons. The number of halogens is 2. The number of benzene rings is 3. The molecule has 0 bridgehead atoms. The Morgan fingerprint density at radius 3 is 2.68 bits per heavy atom. The smallest absolute Gasteiger partial charge is 0.269 e. The van der Waals surface area contributed by atoms with E-state index in [-0.39, 0.29) is 34.2 Å². The van der Waals surface area contributed by atoms with Gasteiger partial charge in [0, 0.05) is 17.7 Å². The lowest BCUT2D eigenvalue weighted by Gasteiger charge is -2.13. The van der Waals surface area contributed by atoms with Crippen LogP contribution in [-0.2, 0) is 6.61 Å². The van der Waals surface area contributed by atoms with Crippen LogP contribution in [0, 0.1) is 27.3 Å². The number of methoxy groups -OCH3 is 1. The van der Waals surface area contributed by atoms with Gasteiger partial charge in [-0.25, -0.2) is 4.39 Å². The zero-order valence-electron chi connectivity index (χ0n) is 16.3. The fourth-order valence-corrected chi connectivity index (χ4v) is 3.17. The van der Waals surface area contributed by atoms with Crippen LogP contribution in [0.25, 0.3) is 11.6 Å². The summed E-state index contributed by atoms with van der Waals surface area (Å²) in [6.45, 7) is 0.0334. The molecule has 6 nitrogen and oxygen atoms in total. The zero-order valence-corrected chi connectivity index (χ0v) is 17.1. The van der Waals surface area contributed by atoms with E-state index in [1.54, 1.807) is 36.4 Å². The van der Waals surface area contributed by atoms with Crippen molar-refractivity contribution >= 4 is 28.9 Å². The molecule has 0 unspecified atom stereocenters. The van der Waals surface area contributed by atoms with Crippen LogP contribution >= 0.6 is 11.6 Å². The molecule has 0 atom stereocenters. The van der Waals surface area contributed by atoms with Gasteiger partial charge in [0.1, 0.15) is 12.4 Å². The molecule has 0 N–H and O–H groups in total. The lowest BCUT2D eigenvalue weighted by molar-refractivity contribution is -0.384. The van der Waals surface area contributed by atoms with Gasteiger partial charge in [-0.2, -0.15) is 5.26 Å². The quantitative estimate of drug-likeness (QED) is 0.194. The van der Waals surface area contributed by atoms with Crippen molar-refractivity contribution in [3.05, 3.63) is 98.3 Å². The Morgan fingerprint density at radius 2 is 2.00 bits per heavy atom. The van der Waals surface area contributed by atoms with E-state index in [9.17, 15) is 19.8 Å². The number of rotatable bonds is 7. The van der Waals surface area contributed by atoms with E-state index in [1.165, 1.54) is 37.5 Å². The lowest BCUT2D eigenvalue weighted by Crippen LogP contribution is -2.00. The van der Waals surface area contributed by atoms with Gasteiger partial charge < -0.3 is 9.47 Å². The first kappa shape index (κ1) is 21.8. The lowest BCUT2D eigenvalue weighted by atomic mass is 10.0. The first-order valence-electron chi connectivity index (χ1n) is 9.03. The summed E-state index contributed by atoms with van der Waals surface area (Å²) in [5, 5.41) is 20.6. The number of hydrogen-bond donors (Lipinski definition) is 0. The van der Waals surface area contributed by atoms with Crippen molar-refractivity contribution in [2.75, 3.05) is 7.11 Å². The second-order valence-corrected chi connectivity index (χ2v) is 6.81. The minimum Gasteiger partial charge on any atom is -0.493 e. The Kier molecular flexibility index (Phi) is 6.85. The summed E-state index contributed by atoms with van der Waals surface area (Å²) in [7, 11) is 1.43. The largest absolute Gasteiger partial charge is 0.493 e. The monoisotopic (exact) mass is 438 g/mol. The second kappa shape index (κ2) is 9.74. The third kappa shape index (κ3) is 5.18. The number of nitrogens with zero attached hydrogens (tertiary/aromatic N) is 2. The van der Waals surface area contributed by atoms with Gasteiger partial charge in [-0.05, 0) is 35.4 Å².